The number of rotatable bonds is 7. The highest BCUT2D eigenvalue weighted by Gasteiger charge is 2.26. The molecule has 0 saturated carbocycles. The van der Waals surface area contributed by atoms with Crippen LogP contribution in [-0.4, -0.2) is 46.9 Å². The van der Waals surface area contributed by atoms with Crippen molar-refractivity contribution < 1.29 is 19.5 Å². The van der Waals surface area contributed by atoms with Gasteiger partial charge in [0.15, 0.2) is 0 Å². The highest BCUT2D eigenvalue weighted by atomic mass is 16.4. The fourth-order valence-electron chi connectivity index (χ4n) is 3.65. The average molecular weight is 394 g/mol. The maximum absolute atomic E-state index is 12.8. The van der Waals surface area contributed by atoms with E-state index in [-0.39, 0.29) is 23.4 Å². The van der Waals surface area contributed by atoms with Gasteiger partial charge in [0.05, 0.1) is 5.56 Å². The van der Waals surface area contributed by atoms with Gasteiger partial charge in [-0.15, -0.1) is 0 Å². The van der Waals surface area contributed by atoms with Crippen molar-refractivity contribution in [1.82, 2.24) is 10.2 Å². The summed E-state index contributed by atoms with van der Waals surface area (Å²) in [6.07, 6.45) is 3.84. The first-order chi connectivity index (χ1) is 14.0. The number of hydrogen-bond donors (Lipinski definition) is 2. The normalized spacial score (nSPS) is 16.3. The summed E-state index contributed by atoms with van der Waals surface area (Å²) in [5.41, 5.74) is 1.80. The van der Waals surface area contributed by atoms with Crippen LogP contribution < -0.4 is 5.32 Å². The highest BCUT2D eigenvalue weighted by molar-refractivity contribution is 5.94. The molecule has 0 aromatic heterocycles. The van der Waals surface area contributed by atoms with Crippen LogP contribution in [0.5, 0.6) is 0 Å². The maximum atomic E-state index is 12.8. The van der Waals surface area contributed by atoms with Gasteiger partial charge >= 0.3 is 5.97 Å². The van der Waals surface area contributed by atoms with Crippen LogP contribution in [0.4, 0.5) is 0 Å². The minimum atomic E-state index is -0.957. The van der Waals surface area contributed by atoms with Crippen LogP contribution in [0, 0.1) is 0 Å². The minimum absolute atomic E-state index is 0.0123. The molecule has 3 rings (SSSR count). The third-order valence-electron chi connectivity index (χ3n) is 5.31. The molecule has 2 aromatic carbocycles. The molecule has 0 aliphatic carbocycles. The molecular formula is C23H26N2O4. The van der Waals surface area contributed by atoms with Crippen LogP contribution in [0.1, 0.15) is 52.0 Å². The summed E-state index contributed by atoms with van der Waals surface area (Å²) in [6, 6.07) is 15.7. The summed E-state index contributed by atoms with van der Waals surface area (Å²) in [5.74, 6) is -1.01. The van der Waals surface area contributed by atoms with Crippen molar-refractivity contribution in [2.45, 2.75) is 38.1 Å². The first-order valence-electron chi connectivity index (χ1n) is 9.99. The number of carboxylic acid groups (broad SMARTS) is 1. The molecule has 0 radical (unpaired) electrons. The SMILES string of the molecule is O=C(O)c1ccc(CCC(=O)N2CCCCC2CNC(=O)c2ccccc2)cc1. The van der Waals surface area contributed by atoms with Crippen molar-refractivity contribution in [3.63, 3.8) is 0 Å². The molecule has 1 aliphatic rings. The molecule has 1 fully saturated rings. The number of benzene rings is 2. The summed E-state index contributed by atoms with van der Waals surface area (Å²) in [7, 11) is 0. The first kappa shape index (κ1) is 20.6. The number of carbonyl (C=O) groups is 3. The van der Waals surface area contributed by atoms with E-state index in [4.69, 9.17) is 5.11 Å². The fraction of sp³-hybridized carbons (Fsp3) is 0.348. The Morgan fingerprint density at radius 2 is 1.69 bits per heavy atom. The lowest BCUT2D eigenvalue weighted by Crippen LogP contribution is -2.49. The second-order valence-corrected chi connectivity index (χ2v) is 7.31. The molecule has 29 heavy (non-hydrogen) atoms. The average Bonchev–Trinajstić information content (AvgIpc) is 2.77. The van der Waals surface area contributed by atoms with Crippen LogP contribution in [0.2, 0.25) is 0 Å². The number of aryl methyl sites for hydroxylation is 1. The number of carboxylic acids is 1. The zero-order chi connectivity index (χ0) is 20.6. The molecule has 6 heteroatoms. The quantitative estimate of drug-likeness (QED) is 0.755. The monoisotopic (exact) mass is 394 g/mol. The summed E-state index contributed by atoms with van der Waals surface area (Å²) in [5, 5.41) is 11.9. The van der Waals surface area contributed by atoms with Gasteiger partial charge in [0.1, 0.15) is 0 Å². The Labute approximate surface area is 170 Å². The van der Waals surface area contributed by atoms with E-state index in [1.165, 1.54) is 0 Å². The zero-order valence-corrected chi connectivity index (χ0v) is 16.3. The molecule has 2 aromatic rings. The Hall–Kier alpha value is -3.15. The minimum Gasteiger partial charge on any atom is -0.478 e. The van der Waals surface area contributed by atoms with E-state index in [0.717, 1.165) is 24.8 Å². The molecule has 1 saturated heterocycles. The lowest BCUT2D eigenvalue weighted by Gasteiger charge is -2.36. The smallest absolute Gasteiger partial charge is 0.335 e. The summed E-state index contributed by atoms with van der Waals surface area (Å²) >= 11 is 0. The standard InChI is InChI=1S/C23H26N2O4/c26-21(14-11-17-9-12-19(13-10-17)23(28)29)25-15-5-4-8-20(25)16-24-22(27)18-6-2-1-3-7-18/h1-3,6-7,9-10,12-13,20H,4-5,8,11,14-16H2,(H,24,27)(H,28,29). The molecule has 1 aliphatic heterocycles. The van der Waals surface area contributed by atoms with Crippen molar-refractivity contribution in [2.75, 3.05) is 13.1 Å². The third-order valence-corrected chi connectivity index (χ3v) is 5.31. The van der Waals surface area contributed by atoms with Gasteiger partial charge in [0, 0.05) is 31.1 Å². The van der Waals surface area contributed by atoms with Gasteiger partial charge in [-0.1, -0.05) is 30.3 Å². The molecule has 0 spiro atoms. The molecule has 6 nitrogen and oxygen atoms in total. The Kier molecular flexibility index (Phi) is 7.00. The van der Waals surface area contributed by atoms with Gasteiger partial charge in [0.25, 0.3) is 5.91 Å². The molecule has 2 N–H and O–H groups in total. The number of likely N-dealkylation sites (tertiary alicyclic amines) is 1. The van der Waals surface area contributed by atoms with Crippen molar-refractivity contribution in [3.05, 3.63) is 71.3 Å². The topological polar surface area (TPSA) is 86.7 Å². The van der Waals surface area contributed by atoms with Crippen molar-refractivity contribution in [3.8, 4) is 0 Å². The summed E-state index contributed by atoms with van der Waals surface area (Å²) in [4.78, 5) is 37.9. The number of nitrogens with one attached hydrogen (secondary N) is 1. The number of hydrogen-bond acceptors (Lipinski definition) is 3. The van der Waals surface area contributed by atoms with Crippen LogP contribution >= 0.6 is 0 Å². The van der Waals surface area contributed by atoms with E-state index >= 15 is 0 Å². The Morgan fingerprint density at radius 1 is 0.966 bits per heavy atom. The van der Waals surface area contributed by atoms with Gasteiger partial charge in [-0.3, -0.25) is 9.59 Å². The molecule has 1 atom stereocenters. The highest BCUT2D eigenvalue weighted by Crippen LogP contribution is 2.19. The van der Waals surface area contributed by atoms with Crippen molar-refractivity contribution in [2.24, 2.45) is 0 Å². The number of amides is 2. The van der Waals surface area contributed by atoms with E-state index < -0.39 is 5.97 Å². The first-order valence-corrected chi connectivity index (χ1v) is 9.99. The Balaban J connectivity index is 1.53. The molecular weight excluding hydrogens is 368 g/mol. The zero-order valence-electron chi connectivity index (χ0n) is 16.3. The summed E-state index contributed by atoms with van der Waals surface area (Å²) in [6.45, 7) is 1.16. The van der Waals surface area contributed by atoms with E-state index in [2.05, 4.69) is 5.32 Å². The molecule has 2 amide bonds. The van der Waals surface area contributed by atoms with E-state index in [9.17, 15) is 14.4 Å². The third kappa shape index (κ3) is 5.67. The van der Waals surface area contributed by atoms with E-state index in [1.807, 2.05) is 23.1 Å². The maximum Gasteiger partial charge on any atom is 0.335 e. The van der Waals surface area contributed by atoms with Crippen LogP contribution in [0.15, 0.2) is 54.6 Å². The molecule has 152 valence electrons. The summed E-state index contributed by atoms with van der Waals surface area (Å²) < 4.78 is 0. The predicted molar refractivity (Wildman–Crippen MR) is 110 cm³/mol. The van der Waals surface area contributed by atoms with Gasteiger partial charge in [0.2, 0.25) is 5.91 Å². The Bertz CT molecular complexity index is 849. The van der Waals surface area contributed by atoms with Gasteiger partial charge in [-0.05, 0) is 55.5 Å². The predicted octanol–water partition coefficient (Wildman–Crippen LogP) is 3.13. The van der Waals surface area contributed by atoms with Crippen molar-refractivity contribution >= 4 is 17.8 Å². The van der Waals surface area contributed by atoms with Gasteiger partial charge in [-0.2, -0.15) is 0 Å². The number of carbonyl (C=O) groups excluding carboxylic acids is 2. The lowest BCUT2D eigenvalue weighted by molar-refractivity contribution is -0.134. The fourth-order valence-corrected chi connectivity index (χ4v) is 3.65. The van der Waals surface area contributed by atoms with Crippen LogP contribution in [-0.2, 0) is 11.2 Å². The van der Waals surface area contributed by atoms with Gasteiger partial charge in [-0.25, -0.2) is 4.79 Å². The Morgan fingerprint density at radius 3 is 2.38 bits per heavy atom. The molecule has 1 unspecified atom stereocenters. The second-order valence-electron chi connectivity index (χ2n) is 7.31. The van der Waals surface area contributed by atoms with Crippen LogP contribution in [0.25, 0.3) is 0 Å². The number of aromatic carboxylic acids is 1. The largest absolute Gasteiger partial charge is 0.478 e. The number of nitrogens with zero attached hydrogens (tertiary/aromatic N) is 1. The second kappa shape index (κ2) is 9.87. The lowest BCUT2D eigenvalue weighted by atomic mass is 10.00. The van der Waals surface area contributed by atoms with Crippen molar-refractivity contribution in [1.29, 1.82) is 0 Å². The molecule has 1 heterocycles. The number of piperidine rings is 1. The van der Waals surface area contributed by atoms with Crippen LogP contribution in [0.3, 0.4) is 0 Å². The van der Waals surface area contributed by atoms with Gasteiger partial charge < -0.3 is 15.3 Å². The van der Waals surface area contributed by atoms with E-state index in [1.54, 1.807) is 36.4 Å². The molecule has 0 bridgehead atoms. The van der Waals surface area contributed by atoms with E-state index in [0.29, 0.717) is 31.5 Å².